The summed E-state index contributed by atoms with van der Waals surface area (Å²) in [5, 5.41) is 19.4. The maximum absolute atomic E-state index is 11.4. The van der Waals surface area contributed by atoms with E-state index in [-0.39, 0.29) is 24.2 Å². The van der Waals surface area contributed by atoms with Crippen molar-refractivity contribution < 1.29 is 24.6 Å². The van der Waals surface area contributed by atoms with Crippen LogP contribution in [0.3, 0.4) is 0 Å². The van der Waals surface area contributed by atoms with Gasteiger partial charge in [-0.15, -0.1) is 0 Å². The first kappa shape index (κ1) is 12.6. The van der Waals surface area contributed by atoms with Gasteiger partial charge in [-0.2, -0.15) is 0 Å². The number of aliphatic carboxylic acids is 1. The molecule has 7 nitrogen and oxygen atoms in total. The SMILES string of the molecule is O=C(O)CCNC(=O)c1cc(C(=O)O)ccn1. The van der Waals surface area contributed by atoms with Crippen LogP contribution < -0.4 is 5.32 Å². The molecule has 17 heavy (non-hydrogen) atoms. The third-order valence-corrected chi connectivity index (χ3v) is 1.86. The molecule has 1 aromatic rings. The lowest BCUT2D eigenvalue weighted by atomic mass is 10.2. The van der Waals surface area contributed by atoms with Crippen molar-refractivity contribution in [1.29, 1.82) is 0 Å². The summed E-state index contributed by atoms with van der Waals surface area (Å²) in [7, 11) is 0. The average molecular weight is 238 g/mol. The van der Waals surface area contributed by atoms with E-state index in [1.807, 2.05) is 0 Å². The predicted molar refractivity (Wildman–Crippen MR) is 55.8 cm³/mol. The van der Waals surface area contributed by atoms with E-state index in [1.165, 1.54) is 12.3 Å². The van der Waals surface area contributed by atoms with Gasteiger partial charge in [-0.05, 0) is 12.1 Å². The fourth-order valence-corrected chi connectivity index (χ4v) is 1.06. The average Bonchev–Trinajstić information content (AvgIpc) is 2.28. The van der Waals surface area contributed by atoms with Gasteiger partial charge in [0.05, 0.1) is 12.0 Å². The number of hydrogen-bond donors (Lipinski definition) is 3. The number of pyridine rings is 1. The maximum Gasteiger partial charge on any atom is 0.335 e. The number of carbonyl (C=O) groups is 3. The largest absolute Gasteiger partial charge is 0.481 e. The number of nitrogens with one attached hydrogen (secondary N) is 1. The topological polar surface area (TPSA) is 117 Å². The summed E-state index contributed by atoms with van der Waals surface area (Å²) >= 11 is 0. The number of carbonyl (C=O) groups excluding carboxylic acids is 1. The molecular weight excluding hydrogens is 228 g/mol. The molecular formula is C10H10N2O5. The number of hydrogen-bond acceptors (Lipinski definition) is 4. The Morgan fingerprint density at radius 3 is 2.59 bits per heavy atom. The van der Waals surface area contributed by atoms with Crippen molar-refractivity contribution in [2.45, 2.75) is 6.42 Å². The Morgan fingerprint density at radius 1 is 1.29 bits per heavy atom. The van der Waals surface area contributed by atoms with Gasteiger partial charge < -0.3 is 15.5 Å². The van der Waals surface area contributed by atoms with Crippen LogP contribution in [0.2, 0.25) is 0 Å². The van der Waals surface area contributed by atoms with E-state index >= 15 is 0 Å². The van der Waals surface area contributed by atoms with E-state index in [2.05, 4.69) is 10.3 Å². The van der Waals surface area contributed by atoms with Crippen molar-refractivity contribution in [3.05, 3.63) is 29.6 Å². The van der Waals surface area contributed by atoms with Crippen molar-refractivity contribution in [3.8, 4) is 0 Å². The summed E-state index contributed by atoms with van der Waals surface area (Å²) in [4.78, 5) is 36.0. The lowest BCUT2D eigenvalue weighted by molar-refractivity contribution is -0.136. The Kier molecular flexibility index (Phi) is 4.15. The van der Waals surface area contributed by atoms with Gasteiger partial charge in [0, 0.05) is 12.7 Å². The second-order valence-electron chi connectivity index (χ2n) is 3.13. The van der Waals surface area contributed by atoms with Crippen molar-refractivity contribution >= 4 is 17.8 Å². The number of aromatic nitrogens is 1. The van der Waals surface area contributed by atoms with Gasteiger partial charge in [0.15, 0.2) is 0 Å². The molecule has 0 bridgehead atoms. The first-order valence-corrected chi connectivity index (χ1v) is 4.70. The molecule has 7 heteroatoms. The Hall–Kier alpha value is -2.44. The molecule has 0 aliphatic heterocycles. The first-order valence-electron chi connectivity index (χ1n) is 4.70. The Balaban J connectivity index is 2.65. The number of nitrogens with zero attached hydrogens (tertiary/aromatic N) is 1. The molecule has 0 radical (unpaired) electrons. The minimum Gasteiger partial charge on any atom is -0.481 e. The Bertz CT molecular complexity index is 458. The quantitative estimate of drug-likeness (QED) is 0.663. The van der Waals surface area contributed by atoms with E-state index in [1.54, 1.807) is 0 Å². The summed E-state index contributed by atoms with van der Waals surface area (Å²) in [6.07, 6.45) is 1.000. The van der Waals surface area contributed by atoms with Crippen LogP contribution in [-0.4, -0.2) is 39.6 Å². The molecule has 0 unspecified atom stereocenters. The molecule has 0 saturated carbocycles. The molecule has 90 valence electrons. The minimum absolute atomic E-state index is 0.0346. The molecule has 0 atom stereocenters. The summed E-state index contributed by atoms with van der Waals surface area (Å²) < 4.78 is 0. The van der Waals surface area contributed by atoms with Gasteiger partial charge in [-0.25, -0.2) is 4.79 Å². The van der Waals surface area contributed by atoms with Crippen LogP contribution in [0.5, 0.6) is 0 Å². The van der Waals surface area contributed by atoms with Crippen molar-refractivity contribution in [2.24, 2.45) is 0 Å². The first-order chi connectivity index (χ1) is 8.00. The van der Waals surface area contributed by atoms with Gasteiger partial charge in [0.1, 0.15) is 5.69 Å². The van der Waals surface area contributed by atoms with Crippen molar-refractivity contribution in [1.82, 2.24) is 10.3 Å². The fourth-order valence-electron chi connectivity index (χ4n) is 1.06. The minimum atomic E-state index is -1.16. The highest BCUT2D eigenvalue weighted by molar-refractivity contribution is 5.95. The Morgan fingerprint density at radius 2 is 2.00 bits per heavy atom. The number of aromatic carboxylic acids is 1. The molecule has 1 heterocycles. The van der Waals surface area contributed by atoms with E-state index in [4.69, 9.17) is 10.2 Å². The van der Waals surface area contributed by atoms with Crippen LogP contribution in [0.4, 0.5) is 0 Å². The van der Waals surface area contributed by atoms with Crippen LogP contribution in [0.1, 0.15) is 27.3 Å². The van der Waals surface area contributed by atoms with E-state index in [0.717, 1.165) is 6.07 Å². The third-order valence-electron chi connectivity index (χ3n) is 1.86. The smallest absolute Gasteiger partial charge is 0.335 e. The fraction of sp³-hybridized carbons (Fsp3) is 0.200. The van der Waals surface area contributed by atoms with Crippen LogP contribution in [0.15, 0.2) is 18.3 Å². The lowest BCUT2D eigenvalue weighted by Crippen LogP contribution is -2.27. The van der Waals surface area contributed by atoms with Gasteiger partial charge in [-0.3, -0.25) is 14.6 Å². The number of rotatable bonds is 5. The predicted octanol–water partition coefficient (Wildman–Crippen LogP) is -0.0157. The van der Waals surface area contributed by atoms with Crippen LogP contribution >= 0.6 is 0 Å². The molecule has 3 N–H and O–H groups in total. The molecule has 0 fully saturated rings. The zero-order valence-corrected chi connectivity index (χ0v) is 8.71. The van der Waals surface area contributed by atoms with Crippen molar-refractivity contribution in [2.75, 3.05) is 6.54 Å². The van der Waals surface area contributed by atoms with Crippen LogP contribution in [0.25, 0.3) is 0 Å². The summed E-state index contributed by atoms with van der Waals surface area (Å²) in [5.41, 5.74) is -0.112. The van der Waals surface area contributed by atoms with Crippen molar-refractivity contribution in [3.63, 3.8) is 0 Å². The zero-order chi connectivity index (χ0) is 12.8. The Labute approximate surface area is 96.1 Å². The zero-order valence-electron chi connectivity index (χ0n) is 8.71. The molecule has 0 spiro atoms. The monoisotopic (exact) mass is 238 g/mol. The molecule has 0 aliphatic carbocycles. The number of carboxylic acids is 2. The molecule has 0 aromatic carbocycles. The highest BCUT2D eigenvalue weighted by Crippen LogP contribution is 2.01. The molecule has 0 saturated heterocycles. The van der Waals surface area contributed by atoms with Gasteiger partial charge in [0.2, 0.25) is 0 Å². The van der Waals surface area contributed by atoms with E-state index in [0.29, 0.717) is 0 Å². The van der Waals surface area contributed by atoms with E-state index in [9.17, 15) is 14.4 Å². The molecule has 0 aliphatic rings. The normalized spacial score (nSPS) is 9.65. The van der Waals surface area contributed by atoms with E-state index < -0.39 is 17.8 Å². The van der Waals surface area contributed by atoms with Gasteiger partial charge in [0.25, 0.3) is 5.91 Å². The number of carboxylic acid groups (broad SMARTS) is 2. The lowest BCUT2D eigenvalue weighted by Gasteiger charge is -2.03. The summed E-state index contributed by atoms with van der Waals surface area (Å²) in [6, 6.07) is 2.38. The second-order valence-corrected chi connectivity index (χ2v) is 3.13. The molecule has 1 rings (SSSR count). The van der Waals surface area contributed by atoms with Crippen LogP contribution in [0, 0.1) is 0 Å². The number of amides is 1. The molecule has 1 amide bonds. The third kappa shape index (κ3) is 3.90. The van der Waals surface area contributed by atoms with Gasteiger partial charge >= 0.3 is 11.9 Å². The standard InChI is InChI=1S/C10H10N2O5/c13-8(14)2-4-12-9(15)7-5-6(10(16)17)1-3-11-7/h1,3,5H,2,4H2,(H,12,15)(H,13,14)(H,16,17). The molecule has 1 aromatic heterocycles. The summed E-state index contributed by atoms with van der Waals surface area (Å²) in [6.45, 7) is -0.0346. The van der Waals surface area contributed by atoms with Gasteiger partial charge in [-0.1, -0.05) is 0 Å². The highest BCUT2D eigenvalue weighted by Gasteiger charge is 2.10. The highest BCUT2D eigenvalue weighted by atomic mass is 16.4. The summed E-state index contributed by atoms with van der Waals surface area (Å²) in [5.74, 6) is -2.79. The second kappa shape index (κ2) is 5.59. The van der Waals surface area contributed by atoms with Crippen LogP contribution in [-0.2, 0) is 4.79 Å². The maximum atomic E-state index is 11.4.